The Morgan fingerprint density at radius 2 is 1.82 bits per heavy atom. The van der Waals surface area contributed by atoms with Crippen LogP contribution in [0, 0.1) is 18.8 Å². The molecule has 0 saturated carbocycles. The van der Waals surface area contributed by atoms with Gasteiger partial charge in [-0.1, -0.05) is 31.2 Å². The van der Waals surface area contributed by atoms with E-state index in [4.69, 9.17) is 10.5 Å². The van der Waals surface area contributed by atoms with Crippen molar-refractivity contribution in [1.82, 2.24) is 0 Å². The molecule has 0 amide bonds. The zero-order chi connectivity index (χ0) is 15.9. The maximum atomic E-state index is 9.35. The van der Waals surface area contributed by atoms with Gasteiger partial charge in [-0.3, -0.25) is 0 Å². The van der Waals surface area contributed by atoms with Crippen LogP contribution in [0.5, 0.6) is 11.5 Å². The van der Waals surface area contributed by atoms with E-state index in [1.807, 2.05) is 36.4 Å². The van der Waals surface area contributed by atoms with Gasteiger partial charge in [0.1, 0.15) is 11.5 Å². The van der Waals surface area contributed by atoms with Crippen LogP contribution < -0.4 is 10.5 Å². The molecular weight excluding hydrogens is 274 g/mol. The number of hydrogen-bond donors (Lipinski definition) is 2. The van der Waals surface area contributed by atoms with Crippen LogP contribution in [0.2, 0.25) is 0 Å². The highest BCUT2D eigenvalue weighted by molar-refractivity contribution is 5.38. The van der Waals surface area contributed by atoms with Crippen molar-refractivity contribution in [2.75, 3.05) is 13.2 Å². The molecule has 0 radical (unpaired) electrons. The van der Waals surface area contributed by atoms with Crippen LogP contribution in [0.4, 0.5) is 0 Å². The molecule has 2 rings (SSSR count). The molecular formula is C19H25NO2. The largest absolute Gasteiger partial charge is 0.457 e. The summed E-state index contributed by atoms with van der Waals surface area (Å²) in [6.45, 7) is 4.90. The Balaban J connectivity index is 2.06. The van der Waals surface area contributed by atoms with Crippen molar-refractivity contribution in [3.63, 3.8) is 0 Å². The van der Waals surface area contributed by atoms with Crippen molar-refractivity contribution in [2.45, 2.75) is 20.3 Å². The van der Waals surface area contributed by atoms with Crippen molar-refractivity contribution in [2.24, 2.45) is 17.6 Å². The molecule has 0 saturated heterocycles. The van der Waals surface area contributed by atoms with Crippen molar-refractivity contribution in [3.8, 4) is 11.5 Å². The lowest BCUT2D eigenvalue weighted by Gasteiger charge is -2.21. The summed E-state index contributed by atoms with van der Waals surface area (Å²) in [5.41, 5.74) is 8.19. The Hall–Kier alpha value is -1.84. The first-order chi connectivity index (χ1) is 10.6. The molecule has 3 heteroatoms. The quantitative estimate of drug-likeness (QED) is 0.822. The minimum absolute atomic E-state index is 0.145. The molecule has 0 bridgehead atoms. The first-order valence-corrected chi connectivity index (χ1v) is 7.77. The van der Waals surface area contributed by atoms with E-state index in [9.17, 15) is 5.11 Å². The maximum absolute atomic E-state index is 9.35. The lowest BCUT2D eigenvalue weighted by Crippen LogP contribution is -2.26. The zero-order valence-corrected chi connectivity index (χ0v) is 13.3. The smallest absolute Gasteiger partial charge is 0.127 e. The molecule has 0 fully saturated rings. The van der Waals surface area contributed by atoms with E-state index in [1.54, 1.807) is 0 Å². The van der Waals surface area contributed by atoms with E-state index in [0.29, 0.717) is 12.5 Å². The molecule has 2 unspecified atom stereocenters. The number of hydrogen-bond acceptors (Lipinski definition) is 3. The number of aryl methyl sites for hydroxylation is 1. The second-order valence-corrected chi connectivity index (χ2v) is 5.86. The van der Waals surface area contributed by atoms with Crippen LogP contribution in [0.15, 0.2) is 48.5 Å². The lowest BCUT2D eigenvalue weighted by molar-refractivity contribution is 0.187. The van der Waals surface area contributed by atoms with Gasteiger partial charge in [0.05, 0.1) is 0 Å². The van der Waals surface area contributed by atoms with Gasteiger partial charge in [-0.05, 0) is 67.1 Å². The Kier molecular flexibility index (Phi) is 5.99. The van der Waals surface area contributed by atoms with Crippen LogP contribution in [0.3, 0.4) is 0 Å². The fourth-order valence-corrected chi connectivity index (χ4v) is 2.59. The second kappa shape index (κ2) is 7.97. The number of benzene rings is 2. The third kappa shape index (κ3) is 4.33. The molecule has 2 atom stereocenters. The van der Waals surface area contributed by atoms with E-state index in [1.165, 1.54) is 11.1 Å². The van der Waals surface area contributed by atoms with E-state index >= 15 is 0 Å². The number of rotatable bonds is 7. The molecule has 3 nitrogen and oxygen atoms in total. The second-order valence-electron chi connectivity index (χ2n) is 5.86. The molecule has 0 aromatic heterocycles. The fourth-order valence-electron chi connectivity index (χ4n) is 2.59. The van der Waals surface area contributed by atoms with Gasteiger partial charge in [0.15, 0.2) is 0 Å². The van der Waals surface area contributed by atoms with E-state index in [2.05, 4.69) is 26.0 Å². The Labute approximate surface area is 132 Å². The molecule has 118 valence electrons. The highest BCUT2D eigenvalue weighted by Crippen LogP contribution is 2.26. The predicted molar refractivity (Wildman–Crippen MR) is 90.2 cm³/mol. The fraction of sp³-hybridized carbons (Fsp3) is 0.368. The van der Waals surface area contributed by atoms with Crippen molar-refractivity contribution in [1.29, 1.82) is 0 Å². The molecule has 0 aliphatic rings. The van der Waals surface area contributed by atoms with Gasteiger partial charge in [0, 0.05) is 6.61 Å². The highest BCUT2D eigenvalue weighted by Gasteiger charge is 2.16. The predicted octanol–water partition coefficient (Wildman–Crippen LogP) is 3.53. The minimum Gasteiger partial charge on any atom is -0.457 e. The SMILES string of the molecule is Cc1cc(Oc2ccccc2)ccc1CC(C)C(CN)CO. The Bertz CT molecular complexity index is 579. The van der Waals surface area contributed by atoms with Crippen LogP contribution in [-0.4, -0.2) is 18.3 Å². The third-order valence-electron chi connectivity index (χ3n) is 4.18. The lowest BCUT2D eigenvalue weighted by atomic mass is 9.87. The summed E-state index contributed by atoms with van der Waals surface area (Å²) in [5, 5.41) is 9.35. The average molecular weight is 299 g/mol. The minimum atomic E-state index is 0.145. The van der Waals surface area contributed by atoms with Crippen LogP contribution >= 0.6 is 0 Å². The summed E-state index contributed by atoms with van der Waals surface area (Å²) in [6.07, 6.45) is 0.917. The molecule has 0 aliphatic heterocycles. The van der Waals surface area contributed by atoms with Gasteiger partial charge in [-0.2, -0.15) is 0 Å². The molecule has 2 aromatic carbocycles. The van der Waals surface area contributed by atoms with Gasteiger partial charge in [0.2, 0.25) is 0 Å². The summed E-state index contributed by atoms with van der Waals surface area (Å²) in [6, 6.07) is 15.9. The van der Waals surface area contributed by atoms with Crippen LogP contribution in [0.25, 0.3) is 0 Å². The number of nitrogens with two attached hydrogens (primary N) is 1. The van der Waals surface area contributed by atoms with Gasteiger partial charge in [-0.25, -0.2) is 0 Å². The number of aliphatic hydroxyl groups excluding tert-OH is 1. The average Bonchev–Trinajstić information content (AvgIpc) is 2.52. The summed E-state index contributed by atoms with van der Waals surface area (Å²) in [4.78, 5) is 0. The molecule has 2 aromatic rings. The molecule has 0 heterocycles. The molecule has 3 N–H and O–H groups in total. The van der Waals surface area contributed by atoms with E-state index in [-0.39, 0.29) is 12.5 Å². The summed E-state index contributed by atoms with van der Waals surface area (Å²) in [5.74, 6) is 2.19. The standard InChI is InChI=1S/C19H25NO2/c1-14(17(12-20)13-21)10-16-8-9-19(11-15(16)2)22-18-6-4-3-5-7-18/h3-9,11,14,17,21H,10,12-13,20H2,1-2H3. The summed E-state index contributed by atoms with van der Waals surface area (Å²) in [7, 11) is 0. The normalized spacial score (nSPS) is 13.6. The number of aliphatic hydroxyl groups is 1. The van der Waals surface area contributed by atoms with Crippen molar-refractivity contribution < 1.29 is 9.84 Å². The first-order valence-electron chi connectivity index (χ1n) is 7.77. The van der Waals surface area contributed by atoms with Crippen molar-refractivity contribution >= 4 is 0 Å². The van der Waals surface area contributed by atoms with E-state index < -0.39 is 0 Å². The van der Waals surface area contributed by atoms with Gasteiger partial charge in [0.25, 0.3) is 0 Å². The summed E-state index contributed by atoms with van der Waals surface area (Å²) < 4.78 is 5.85. The number of ether oxygens (including phenoxy) is 1. The monoisotopic (exact) mass is 299 g/mol. The third-order valence-corrected chi connectivity index (χ3v) is 4.18. The molecule has 0 aliphatic carbocycles. The Morgan fingerprint density at radius 3 is 2.41 bits per heavy atom. The Morgan fingerprint density at radius 1 is 1.09 bits per heavy atom. The topological polar surface area (TPSA) is 55.5 Å². The van der Waals surface area contributed by atoms with Crippen LogP contribution in [-0.2, 0) is 6.42 Å². The zero-order valence-electron chi connectivity index (χ0n) is 13.3. The maximum Gasteiger partial charge on any atom is 0.127 e. The van der Waals surface area contributed by atoms with E-state index in [0.717, 1.165) is 17.9 Å². The van der Waals surface area contributed by atoms with Gasteiger partial charge >= 0.3 is 0 Å². The van der Waals surface area contributed by atoms with Crippen molar-refractivity contribution in [3.05, 3.63) is 59.7 Å². The molecule has 22 heavy (non-hydrogen) atoms. The highest BCUT2D eigenvalue weighted by atomic mass is 16.5. The summed E-state index contributed by atoms with van der Waals surface area (Å²) >= 11 is 0. The number of para-hydroxylation sites is 1. The first kappa shape index (κ1) is 16.5. The van der Waals surface area contributed by atoms with Crippen LogP contribution in [0.1, 0.15) is 18.1 Å². The molecule has 0 spiro atoms. The van der Waals surface area contributed by atoms with Gasteiger partial charge in [-0.15, -0.1) is 0 Å². The van der Waals surface area contributed by atoms with Gasteiger partial charge < -0.3 is 15.6 Å².